The van der Waals surface area contributed by atoms with Gasteiger partial charge in [-0.05, 0) is 107 Å². The van der Waals surface area contributed by atoms with Gasteiger partial charge < -0.3 is 19.0 Å². The molecular formula is C36H41ClI2N3O5S+. The van der Waals surface area contributed by atoms with Crippen molar-refractivity contribution in [3.8, 4) is 0 Å². The highest BCUT2D eigenvalue weighted by molar-refractivity contribution is 14.1. The lowest BCUT2D eigenvalue weighted by Crippen LogP contribution is -2.45. The van der Waals surface area contributed by atoms with Crippen LogP contribution in [0.3, 0.4) is 0 Å². The first-order valence-electron chi connectivity index (χ1n) is 15.7. The summed E-state index contributed by atoms with van der Waals surface area (Å²) >= 11 is 11.8. The van der Waals surface area contributed by atoms with E-state index >= 15 is 0 Å². The minimum atomic E-state index is -4.41. The first-order chi connectivity index (χ1) is 22.2. The van der Waals surface area contributed by atoms with E-state index in [1.165, 1.54) is 0 Å². The van der Waals surface area contributed by atoms with Crippen molar-refractivity contribution >= 4 is 90.0 Å². The fraction of sp³-hybridized carbons (Fsp3) is 0.389. The van der Waals surface area contributed by atoms with Crippen LogP contribution in [0.15, 0.2) is 82.6 Å². The minimum Gasteiger partial charge on any atom is -0.748 e. The molecule has 8 nitrogen and oxygen atoms in total. The molecular weight excluding hydrogens is 876 g/mol. The molecule has 0 aliphatic carbocycles. The number of hydrogen-bond donors (Lipinski definition) is 1. The second-order valence-electron chi connectivity index (χ2n) is 14.3. The van der Waals surface area contributed by atoms with Crippen molar-refractivity contribution in [1.82, 2.24) is 0 Å². The molecule has 0 unspecified atom stereocenters. The monoisotopic (exact) mass is 916 g/mol. The molecule has 0 saturated carbocycles. The predicted molar refractivity (Wildman–Crippen MR) is 208 cm³/mol. The van der Waals surface area contributed by atoms with Gasteiger partial charge in [0.25, 0.3) is 0 Å². The third-order valence-corrected chi connectivity index (χ3v) is 12.0. The number of aliphatic carboxylic acids is 1. The minimum absolute atomic E-state index is 0.0188. The van der Waals surface area contributed by atoms with Crippen LogP contribution in [0.5, 0.6) is 0 Å². The first kappa shape index (κ1) is 37.2. The van der Waals surface area contributed by atoms with E-state index in [0.29, 0.717) is 29.1 Å². The standard InChI is InChI=1S/C36H40ClI2N3O5S/c1-35(2)27-19-25(38)9-11-29(27)40(16-15-33(43)44)31(35)13-7-23-21-42(5,6)22-24(34(23)37)8-14-32-36(3,4)28-20-26(39)10-12-30(28)41(32)17-18-48(45,46)47/h7-14,19-20H,15-18,21-22H2,1-6H3/p+1. The number of quaternary nitrogens is 1. The molecule has 3 aliphatic rings. The van der Waals surface area contributed by atoms with Crippen molar-refractivity contribution in [2.75, 3.05) is 50.9 Å². The van der Waals surface area contributed by atoms with Crippen molar-refractivity contribution in [3.63, 3.8) is 0 Å². The third kappa shape index (κ3) is 7.65. The Hall–Kier alpha value is -2.04. The predicted octanol–water partition coefficient (Wildman–Crippen LogP) is 7.04. The van der Waals surface area contributed by atoms with Gasteiger partial charge in [-0.15, -0.1) is 0 Å². The summed E-state index contributed by atoms with van der Waals surface area (Å²) in [5, 5.41) is 10.2. The van der Waals surface area contributed by atoms with Gasteiger partial charge in [0, 0.05) is 59.3 Å². The van der Waals surface area contributed by atoms with E-state index in [2.05, 4.69) is 122 Å². The Morgan fingerprint density at radius 1 is 1.02 bits per heavy atom. The highest BCUT2D eigenvalue weighted by atomic mass is 127. The van der Waals surface area contributed by atoms with Crippen LogP contribution < -0.4 is 4.90 Å². The Labute approximate surface area is 316 Å². The molecule has 5 rings (SSSR count). The van der Waals surface area contributed by atoms with Crippen LogP contribution in [0.2, 0.25) is 0 Å². The summed E-state index contributed by atoms with van der Waals surface area (Å²) in [7, 11) is -0.0983. The summed E-state index contributed by atoms with van der Waals surface area (Å²) in [5.74, 6) is -1.34. The number of hydrogen-bond acceptors (Lipinski definition) is 5. The number of halogens is 3. The topological polar surface area (TPSA) is 101 Å². The van der Waals surface area contributed by atoms with Gasteiger partial charge in [-0.1, -0.05) is 31.5 Å². The highest BCUT2D eigenvalue weighted by Crippen LogP contribution is 2.48. The van der Waals surface area contributed by atoms with E-state index in [0.717, 1.165) is 52.2 Å². The molecule has 2 aromatic carbocycles. The zero-order valence-corrected chi connectivity index (χ0v) is 33.9. The quantitative estimate of drug-likeness (QED) is 0.126. The first-order valence-corrected chi connectivity index (χ1v) is 19.8. The SMILES string of the molecule is CC1(C)C(/C=C/C2=C(Cl)C(=C/C=C3/N(CCC(=O)O)c4ccc(I)cc4C3(C)C)/C[N+](C)(C)C2)=[N+](CCS(=O)(=O)[O-])c2ccc(I)cc21. The van der Waals surface area contributed by atoms with Gasteiger partial charge in [-0.2, -0.15) is 4.58 Å². The molecule has 3 heterocycles. The average Bonchev–Trinajstić information content (AvgIpc) is 3.31. The molecule has 0 fully saturated rings. The lowest BCUT2D eigenvalue weighted by atomic mass is 9.81. The Morgan fingerprint density at radius 2 is 1.67 bits per heavy atom. The van der Waals surface area contributed by atoms with E-state index in [-0.39, 0.29) is 18.4 Å². The Morgan fingerprint density at radius 3 is 2.31 bits per heavy atom. The molecule has 0 radical (unpaired) electrons. The van der Waals surface area contributed by atoms with Gasteiger partial charge in [0.1, 0.15) is 23.2 Å². The van der Waals surface area contributed by atoms with Crippen molar-refractivity contribution < 1.29 is 31.9 Å². The smallest absolute Gasteiger partial charge is 0.305 e. The fourth-order valence-corrected chi connectivity index (χ4v) is 8.76. The van der Waals surface area contributed by atoms with Gasteiger partial charge in [0.2, 0.25) is 5.69 Å². The van der Waals surface area contributed by atoms with Gasteiger partial charge in [0.05, 0.1) is 36.7 Å². The zero-order chi connectivity index (χ0) is 35.4. The van der Waals surface area contributed by atoms with E-state index in [1.807, 2.05) is 34.9 Å². The Kier molecular flexibility index (Phi) is 10.5. The van der Waals surface area contributed by atoms with E-state index in [1.54, 1.807) is 0 Å². The number of fused-ring (bicyclic) bond motifs is 2. The van der Waals surface area contributed by atoms with Gasteiger partial charge in [0.15, 0.2) is 12.3 Å². The normalized spacial score (nSPS) is 21.5. The van der Waals surface area contributed by atoms with E-state index < -0.39 is 27.3 Å². The van der Waals surface area contributed by atoms with Crippen LogP contribution in [0.25, 0.3) is 0 Å². The molecule has 0 amide bonds. The molecule has 48 heavy (non-hydrogen) atoms. The summed E-state index contributed by atoms with van der Waals surface area (Å²) < 4.78 is 39.8. The lowest BCUT2D eigenvalue weighted by Gasteiger charge is -2.35. The number of allylic oxidation sites excluding steroid dienone is 4. The summed E-state index contributed by atoms with van der Waals surface area (Å²) in [6.45, 7) is 10.4. The molecule has 0 bridgehead atoms. The molecule has 0 spiro atoms. The number of carboxylic acids is 1. The number of carbonyl (C=O) groups is 1. The van der Waals surface area contributed by atoms with Crippen LogP contribution >= 0.6 is 56.8 Å². The maximum atomic E-state index is 11.7. The molecule has 0 aromatic heterocycles. The number of benzene rings is 2. The molecule has 2 aromatic rings. The van der Waals surface area contributed by atoms with Crippen molar-refractivity contribution in [1.29, 1.82) is 0 Å². The number of likely N-dealkylation sites (N-methyl/N-ethyl adjacent to an activating group) is 1. The van der Waals surface area contributed by atoms with Crippen LogP contribution in [0, 0.1) is 7.14 Å². The van der Waals surface area contributed by atoms with E-state index in [9.17, 15) is 22.9 Å². The number of carboxylic acid groups (broad SMARTS) is 1. The number of nitrogens with zero attached hydrogens (tertiary/aromatic N) is 3. The Balaban J connectivity index is 1.57. The molecule has 256 valence electrons. The summed E-state index contributed by atoms with van der Waals surface area (Å²) in [5.41, 5.74) is 7.23. The average molecular weight is 917 g/mol. The van der Waals surface area contributed by atoms with Gasteiger partial charge in [-0.3, -0.25) is 4.79 Å². The van der Waals surface area contributed by atoms with Crippen LogP contribution in [0.4, 0.5) is 11.4 Å². The third-order valence-electron chi connectivity index (χ3n) is 9.47. The fourth-order valence-electron chi connectivity index (χ4n) is 7.12. The molecule has 3 aliphatic heterocycles. The second-order valence-corrected chi connectivity index (χ2v) is 18.7. The maximum Gasteiger partial charge on any atom is 0.305 e. The summed E-state index contributed by atoms with van der Waals surface area (Å²) in [6, 6.07) is 12.4. The molecule has 12 heteroatoms. The van der Waals surface area contributed by atoms with Crippen LogP contribution in [-0.4, -0.2) is 84.8 Å². The van der Waals surface area contributed by atoms with Crippen molar-refractivity contribution in [2.24, 2.45) is 0 Å². The van der Waals surface area contributed by atoms with Crippen LogP contribution in [0.1, 0.15) is 45.2 Å². The van der Waals surface area contributed by atoms with Crippen molar-refractivity contribution in [3.05, 3.63) is 101 Å². The lowest BCUT2D eigenvalue weighted by molar-refractivity contribution is -0.881. The number of anilines is 1. The summed E-state index contributed by atoms with van der Waals surface area (Å²) in [4.78, 5) is 13.7. The molecule has 0 atom stereocenters. The Bertz CT molecular complexity index is 1960. The maximum absolute atomic E-state index is 11.7. The molecule has 0 saturated heterocycles. The van der Waals surface area contributed by atoms with Gasteiger partial charge >= 0.3 is 5.97 Å². The zero-order valence-electron chi connectivity index (χ0n) is 28.0. The highest BCUT2D eigenvalue weighted by Gasteiger charge is 2.45. The summed E-state index contributed by atoms with van der Waals surface area (Å²) in [6.07, 6.45) is 8.25. The van der Waals surface area contributed by atoms with Crippen molar-refractivity contribution in [2.45, 2.75) is 44.9 Å². The molecule has 1 N–H and O–H groups in total. The number of rotatable bonds is 9. The van der Waals surface area contributed by atoms with Gasteiger partial charge in [-0.25, -0.2) is 8.42 Å². The van der Waals surface area contributed by atoms with Crippen LogP contribution in [-0.2, 0) is 25.7 Å². The van der Waals surface area contributed by atoms with E-state index in [4.69, 9.17) is 11.6 Å². The largest absolute Gasteiger partial charge is 0.748 e. The second kappa shape index (κ2) is 13.6.